The Morgan fingerprint density at radius 2 is 1.71 bits per heavy atom. The Balaban J connectivity index is 1.36. The minimum absolute atomic E-state index is 0.138. The molecule has 4 nitrogen and oxygen atoms in total. The first-order valence-electron chi connectivity index (χ1n) is 10.6. The summed E-state index contributed by atoms with van der Waals surface area (Å²) in [6.07, 6.45) is 2.17. The molecule has 0 bridgehead atoms. The van der Waals surface area contributed by atoms with E-state index in [1.807, 2.05) is 24.3 Å². The van der Waals surface area contributed by atoms with E-state index in [0.717, 1.165) is 48.6 Å². The second-order valence-corrected chi connectivity index (χ2v) is 7.66. The van der Waals surface area contributed by atoms with Gasteiger partial charge < -0.3 is 9.47 Å². The van der Waals surface area contributed by atoms with E-state index in [0.29, 0.717) is 6.61 Å². The molecule has 3 aromatic rings. The predicted molar refractivity (Wildman–Crippen MR) is 116 cm³/mol. The maximum absolute atomic E-state index is 12.2. The lowest BCUT2D eigenvalue weighted by molar-refractivity contribution is -0.0498. The number of nitrogens with zero attached hydrogens (tertiary/aromatic N) is 2. The van der Waals surface area contributed by atoms with E-state index in [1.54, 1.807) is 12.1 Å². The van der Waals surface area contributed by atoms with Gasteiger partial charge in [0.15, 0.2) is 0 Å². The van der Waals surface area contributed by atoms with Crippen LogP contribution in [0.1, 0.15) is 30.2 Å². The van der Waals surface area contributed by atoms with Gasteiger partial charge in [-0.05, 0) is 66.6 Å². The molecule has 0 amide bonds. The number of fused-ring (bicyclic) bond motifs is 1. The molecule has 6 heteroatoms. The number of hydrogen-bond donors (Lipinski definition) is 0. The molecular weight excluding hydrogens is 398 g/mol. The van der Waals surface area contributed by atoms with Gasteiger partial charge in [-0.15, -0.1) is 0 Å². The van der Waals surface area contributed by atoms with Gasteiger partial charge in [-0.3, -0.25) is 9.88 Å². The summed E-state index contributed by atoms with van der Waals surface area (Å²) in [7, 11) is 0. The molecule has 4 rings (SSSR count). The largest absolute Gasteiger partial charge is 0.489 e. The van der Waals surface area contributed by atoms with Crippen LogP contribution in [0, 0.1) is 0 Å². The summed E-state index contributed by atoms with van der Waals surface area (Å²) in [5.74, 6) is 0.878. The summed E-state index contributed by atoms with van der Waals surface area (Å²) in [6, 6.07) is 18.6. The lowest BCUT2D eigenvalue weighted by atomic mass is 10.0. The van der Waals surface area contributed by atoms with Crippen LogP contribution in [0.2, 0.25) is 0 Å². The van der Waals surface area contributed by atoms with Crippen molar-refractivity contribution in [3.8, 4) is 22.8 Å². The van der Waals surface area contributed by atoms with E-state index in [4.69, 9.17) is 9.72 Å². The minimum atomic E-state index is -2.82. The van der Waals surface area contributed by atoms with Gasteiger partial charge in [-0.25, -0.2) is 0 Å². The molecule has 0 saturated heterocycles. The fourth-order valence-electron chi connectivity index (χ4n) is 3.80. The molecule has 0 fully saturated rings. The monoisotopic (exact) mass is 424 g/mol. The van der Waals surface area contributed by atoms with Gasteiger partial charge in [0.1, 0.15) is 18.1 Å². The number of aromatic nitrogens is 1. The molecule has 1 aliphatic rings. The normalized spacial score (nSPS) is 13.8. The third-order valence-electron chi connectivity index (χ3n) is 5.37. The average Bonchev–Trinajstić information content (AvgIpc) is 2.78. The van der Waals surface area contributed by atoms with Crippen molar-refractivity contribution in [2.45, 2.75) is 39.5 Å². The van der Waals surface area contributed by atoms with E-state index < -0.39 is 6.61 Å². The molecule has 31 heavy (non-hydrogen) atoms. The highest BCUT2D eigenvalue weighted by molar-refractivity contribution is 5.60. The number of halogens is 2. The molecule has 162 valence electrons. The Kier molecular flexibility index (Phi) is 6.77. The smallest absolute Gasteiger partial charge is 0.387 e. The Hall–Kier alpha value is -2.99. The van der Waals surface area contributed by atoms with Crippen molar-refractivity contribution < 1.29 is 18.3 Å². The summed E-state index contributed by atoms with van der Waals surface area (Å²) in [5.41, 5.74) is 5.43. The van der Waals surface area contributed by atoms with Gasteiger partial charge in [-0.1, -0.05) is 25.1 Å². The van der Waals surface area contributed by atoms with E-state index in [-0.39, 0.29) is 5.75 Å². The first-order chi connectivity index (χ1) is 15.1. The zero-order chi connectivity index (χ0) is 21.6. The van der Waals surface area contributed by atoms with E-state index in [9.17, 15) is 8.78 Å². The van der Waals surface area contributed by atoms with Crippen molar-refractivity contribution in [1.29, 1.82) is 0 Å². The number of alkyl halides is 2. The van der Waals surface area contributed by atoms with Crippen molar-refractivity contribution in [2.75, 3.05) is 13.1 Å². The van der Waals surface area contributed by atoms with Crippen molar-refractivity contribution in [3.63, 3.8) is 0 Å². The molecule has 2 heterocycles. The molecule has 0 aliphatic carbocycles. The van der Waals surface area contributed by atoms with Crippen molar-refractivity contribution in [1.82, 2.24) is 9.88 Å². The van der Waals surface area contributed by atoms with Gasteiger partial charge in [-0.2, -0.15) is 8.78 Å². The maximum atomic E-state index is 12.2. The van der Waals surface area contributed by atoms with Crippen molar-refractivity contribution in [2.24, 2.45) is 0 Å². The Morgan fingerprint density at radius 3 is 2.42 bits per heavy atom. The first kappa shape index (κ1) is 21.2. The van der Waals surface area contributed by atoms with Crippen LogP contribution in [-0.4, -0.2) is 29.6 Å². The fourth-order valence-corrected chi connectivity index (χ4v) is 3.80. The third kappa shape index (κ3) is 5.58. The van der Waals surface area contributed by atoms with E-state index in [2.05, 4.69) is 28.7 Å². The molecule has 0 saturated carbocycles. The highest BCUT2D eigenvalue weighted by Gasteiger charge is 2.17. The second-order valence-electron chi connectivity index (χ2n) is 7.66. The molecule has 1 aliphatic heterocycles. The number of hydrogen-bond acceptors (Lipinski definition) is 4. The van der Waals surface area contributed by atoms with E-state index in [1.165, 1.54) is 29.8 Å². The van der Waals surface area contributed by atoms with Crippen LogP contribution >= 0.6 is 0 Å². The predicted octanol–water partition coefficient (Wildman–Crippen LogP) is 5.70. The molecule has 0 unspecified atom stereocenters. The molecule has 0 radical (unpaired) electrons. The molecule has 0 atom stereocenters. The van der Waals surface area contributed by atoms with Gasteiger partial charge in [0, 0.05) is 30.8 Å². The SMILES string of the molecule is CCCN1CCc2nc(-c3ccc(OCc4ccc(OC(F)F)cc4)cc3)ccc2C1. The summed E-state index contributed by atoms with van der Waals surface area (Å²) in [4.78, 5) is 7.38. The number of ether oxygens (including phenoxy) is 2. The number of benzene rings is 2. The van der Waals surface area contributed by atoms with Crippen molar-refractivity contribution in [3.05, 3.63) is 77.5 Å². The Bertz CT molecular complexity index is 991. The lowest BCUT2D eigenvalue weighted by Crippen LogP contribution is -2.31. The zero-order valence-corrected chi connectivity index (χ0v) is 17.6. The van der Waals surface area contributed by atoms with Gasteiger partial charge in [0.05, 0.1) is 5.69 Å². The molecule has 2 aromatic carbocycles. The quantitative estimate of drug-likeness (QED) is 0.465. The van der Waals surface area contributed by atoms with Crippen LogP contribution in [0.4, 0.5) is 8.78 Å². The third-order valence-corrected chi connectivity index (χ3v) is 5.37. The molecule has 0 N–H and O–H groups in total. The van der Waals surface area contributed by atoms with Crippen LogP contribution in [0.25, 0.3) is 11.3 Å². The zero-order valence-electron chi connectivity index (χ0n) is 17.6. The summed E-state index contributed by atoms with van der Waals surface area (Å²) in [6.45, 7) is 2.93. The molecular formula is C25H26F2N2O2. The standard InChI is InChI=1S/C25H26F2N2O2/c1-2-14-29-15-13-24-20(16-29)7-12-23(28-24)19-5-10-21(11-6-19)30-17-18-3-8-22(9-4-18)31-25(26)27/h3-12,25H,2,13-17H2,1H3. The molecule has 1 aromatic heterocycles. The average molecular weight is 424 g/mol. The maximum Gasteiger partial charge on any atom is 0.387 e. The number of rotatable bonds is 8. The lowest BCUT2D eigenvalue weighted by Gasteiger charge is -2.27. The van der Waals surface area contributed by atoms with Gasteiger partial charge >= 0.3 is 6.61 Å². The van der Waals surface area contributed by atoms with Gasteiger partial charge in [0.2, 0.25) is 0 Å². The first-order valence-corrected chi connectivity index (χ1v) is 10.6. The summed E-state index contributed by atoms with van der Waals surface area (Å²) >= 11 is 0. The minimum Gasteiger partial charge on any atom is -0.489 e. The van der Waals surface area contributed by atoms with Gasteiger partial charge in [0.25, 0.3) is 0 Å². The van der Waals surface area contributed by atoms with Crippen LogP contribution in [0.5, 0.6) is 11.5 Å². The Labute approximate surface area is 181 Å². The summed E-state index contributed by atoms with van der Waals surface area (Å²) < 4.78 is 34.6. The fraction of sp³-hybridized carbons (Fsp3) is 0.320. The van der Waals surface area contributed by atoms with Crippen molar-refractivity contribution >= 4 is 0 Å². The number of pyridine rings is 1. The van der Waals surface area contributed by atoms with Crippen LogP contribution in [-0.2, 0) is 19.6 Å². The topological polar surface area (TPSA) is 34.6 Å². The highest BCUT2D eigenvalue weighted by Crippen LogP contribution is 2.25. The summed E-state index contributed by atoms with van der Waals surface area (Å²) in [5, 5.41) is 0. The highest BCUT2D eigenvalue weighted by atomic mass is 19.3. The van der Waals surface area contributed by atoms with E-state index >= 15 is 0 Å². The van der Waals surface area contributed by atoms with Crippen LogP contribution < -0.4 is 9.47 Å². The van der Waals surface area contributed by atoms with Crippen LogP contribution in [0.3, 0.4) is 0 Å². The second kappa shape index (κ2) is 9.88. The van der Waals surface area contributed by atoms with Crippen LogP contribution in [0.15, 0.2) is 60.7 Å². The molecule has 0 spiro atoms. The Morgan fingerprint density at radius 1 is 0.968 bits per heavy atom.